The third-order valence-electron chi connectivity index (χ3n) is 4.86. The first-order valence-electron chi connectivity index (χ1n) is 8.78. The first kappa shape index (κ1) is 16.1. The van der Waals surface area contributed by atoms with Crippen LogP contribution in [-0.2, 0) is 19.4 Å². The molecule has 0 radical (unpaired) electrons. The summed E-state index contributed by atoms with van der Waals surface area (Å²) in [5, 5.41) is 0. The second kappa shape index (κ2) is 6.52. The lowest BCUT2D eigenvalue weighted by Crippen LogP contribution is -2.38. The van der Waals surface area contributed by atoms with E-state index in [2.05, 4.69) is 33.9 Å². The number of hydrogen-bond acceptors (Lipinski definition) is 5. The van der Waals surface area contributed by atoms with E-state index in [0.717, 1.165) is 55.2 Å². The number of ether oxygens (including phenoxy) is 2. The van der Waals surface area contributed by atoms with Crippen molar-refractivity contribution in [1.29, 1.82) is 0 Å². The maximum Gasteiger partial charge on any atom is 0.254 e. The van der Waals surface area contributed by atoms with E-state index in [0.29, 0.717) is 18.5 Å². The molecule has 3 heterocycles. The van der Waals surface area contributed by atoms with Gasteiger partial charge in [-0.15, -0.1) is 0 Å². The molecule has 1 N–H and O–H groups in total. The average molecular weight is 341 g/mol. The molecule has 1 atom stereocenters. The van der Waals surface area contributed by atoms with Gasteiger partial charge in [-0.25, -0.2) is 4.98 Å². The van der Waals surface area contributed by atoms with Crippen LogP contribution in [-0.4, -0.2) is 34.8 Å². The van der Waals surface area contributed by atoms with Crippen molar-refractivity contribution in [2.75, 3.05) is 19.9 Å². The van der Waals surface area contributed by atoms with Gasteiger partial charge in [-0.2, -0.15) is 0 Å². The Bertz CT molecular complexity index is 846. The van der Waals surface area contributed by atoms with Gasteiger partial charge in [-0.3, -0.25) is 9.69 Å². The number of hydrogen-bond donors (Lipinski definition) is 1. The van der Waals surface area contributed by atoms with Crippen LogP contribution in [0.15, 0.2) is 23.0 Å². The summed E-state index contributed by atoms with van der Waals surface area (Å²) in [5.41, 5.74) is 3.07. The minimum Gasteiger partial charge on any atom is -0.454 e. The van der Waals surface area contributed by atoms with Crippen molar-refractivity contribution < 1.29 is 9.47 Å². The minimum absolute atomic E-state index is 0.0237. The van der Waals surface area contributed by atoms with Gasteiger partial charge < -0.3 is 14.5 Å². The smallest absolute Gasteiger partial charge is 0.254 e. The predicted molar refractivity (Wildman–Crippen MR) is 94.0 cm³/mol. The number of aromatic amines is 1. The van der Waals surface area contributed by atoms with Crippen molar-refractivity contribution >= 4 is 0 Å². The van der Waals surface area contributed by atoms with Gasteiger partial charge in [0.2, 0.25) is 6.79 Å². The molecule has 2 aliphatic rings. The molecular weight excluding hydrogens is 318 g/mol. The maximum absolute atomic E-state index is 12.0. The lowest BCUT2D eigenvalue weighted by Gasteiger charge is -2.29. The summed E-state index contributed by atoms with van der Waals surface area (Å²) in [5.74, 6) is 2.87. The van der Waals surface area contributed by atoms with Crippen molar-refractivity contribution in [2.45, 2.75) is 33.2 Å². The van der Waals surface area contributed by atoms with Gasteiger partial charge in [-0.1, -0.05) is 13.0 Å². The molecule has 2 aliphatic heterocycles. The molecule has 0 unspecified atom stereocenters. The number of nitrogens with zero attached hydrogens (tertiary/aromatic N) is 2. The molecule has 0 saturated heterocycles. The quantitative estimate of drug-likeness (QED) is 0.922. The maximum atomic E-state index is 12.0. The highest BCUT2D eigenvalue weighted by Gasteiger charge is 2.22. The van der Waals surface area contributed by atoms with E-state index in [-0.39, 0.29) is 5.56 Å². The van der Waals surface area contributed by atoms with Crippen LogP contribution in [0, 0.1) is 12.8 Å². The van der Waals surface area contributed by atoms with Crippen LogP contribution in [0.2, 0.25) is 0 Å². The molecule has 132 valence electrons. The topological polar surface area (TPSA) is 67.5 Å². The fraction of sp³-hybridized carbons (Fsp3) is 0.474. The third-order valence-corrected chi connectivity index (χ3v) is 4.86. The number of aromatic nitrogens is 2. The molecule has 6 heteroatoms. The number of fused-ring (bicyclic) bond motifs is 2. The Balaban J connectivity index is 1.40. The molecule has 2 aromatic rings. The van der Waals surface area contributed by atoms with Crippen molar-refractivity contribution in [3.63, 3.8) is 0 Å². The first-order valence-corrected chi connectivity index (χ1v) is 8.78. The van der Waals surface area contributed by atoms with E-state index in [1.54, 1.807) is 0 Å². The Kier molecular flexibility index (Phi) is 4.21. The summed E-state index contributed by atoms with van der Waals surface area (Å²) in [6.07, 6.45) is 1.76. The zero-order chi connectivity index (χ0) is 17.4. The molecule has 0 aliphatic carbocycles. The van der Waals surface area contributed by atoms with E-state index in [1.807, 2.05) is 13.0 Å². The van der Waals surface area contributed by atoms with E-state index in [9.17, 15) is 4.79 Å². The second-order valence-electron chi connectivity index (χ2n) is 7.06. The molecule has 0 fully saturated rings. The number of nitrogens with one attached hydrogen (secondary N) is 1. The third kappa shape index (κ3) is 3.39. The van der Waals surface area contributed by atoms with Crippen LogP contribution in [0.4, 0.5) is 0 Å². The lowest BCUT2D eigenvalue weighted by atomic mass is 9.98. The standard InChI is InChI=1S/C19H23N3O3/c1-12(7-14-3-4-17-18(8-14)25-11-24-17)9-22-6-5-15-16(10-22)20-13(2)21-19(15)23/h3-4,8,12H,5-7,9-11H2,1-2H3,(H,20,21,23)/t12-/m0/s1. The first-order chi connectivity index (χ1) is 12.1. The van der Waals surface area contributed by atoms with Crippen LogP contribution in [0.25, 0.3) is 0 Å². The highest BCUT2D eigenvalue weighted by Crippen LogP contribution is 2.33. The zero-order valence-electron chi connectivity index (χ0n) is 14.7. The fourth-order valence-corrected chi connectivity index (χ4v) is 3.75. The van der Waals surface area contributed by atoms with Gasteiger partial charge in [0.1, 0.15) is 5.82 Å². The zero-order valence-corrected chi connectivity index (χ0v) is 14.7. The normalized spacial score (nSPS) is 17.4. The fourth-order valence-electron chi connectivity index (χ4n) is 3.75. The van der Waals surface area contributed by atoms with Crippen LogP contribution >= 0.6 is 0 Å². The molecule has 1 aromatic carbocycles. The van der Waals surface area contributed by atoms with Gasteiger partial charge in [-0.05, 0) is 43.4 Å². The van der Waals surface area contributed by atoms with E-state index in [4.69, 9.17) is 9.47 Å². The monoisotopic (exact) mass is 341 g/mol. The minimum atomic E-state index is 0.0237. The Morgan fingerprint density at radius 3 is 3.04 bits per heavy atom. The average Bonchev–Trinajstić information content (AvgIpc) is 3.01. The van der Waals surface area contributed by atoms with Crippen LogP contribution < -0.4 is 15.0 Å². The molecule has 4 rings (SSSR count). The lowest BCUT2D eigenvalue weighted by molar-refractivity contribution is 0.174. The highest BCUT2D eigenvalue weighted by atomic mass is 16.7. The van der Waals surface area contributed by atoms with Crippen molar-refractivity contribution in [3.05, 3.63) is 51.2 Å². The summed E-state index contributed by atoms with van der Waals surface area (Å²) < 4.78 is 10.8. The molecule has 0 amide bonds. The van der Waals surface area contributed by atoms with Gasteiger partial charge in [0.25, 0.3) is 5.56 Å². The summed E-state index contributed by atoms with van der Waals surface area (Å²) in [6, 6.07) is 6.18. The van der Waals surface area contributed by atoms with Crippen LogP contribution in [0.5, 0.6) is 11.5 Å². The van der Waals surface area contributed by atoms with E-state index < -0.39 is 0 Å². The highest BCUT2D eigenvalue weighted by molar-refractivity contribution is 5.44. The van der Waals surface area contributed by atoms with Gasteiger partial charge in [0.15, 0.2) is 11.5 Å². The number of H-pyrrole nitrogens is 1. The molecule has 6 nitrogen and oxygen atoms in total. The van der Waals surface area contributed by atoms with Gasteiger partial charge in [0, 0.05) is 25.2 Å². The van der Waals surface area contributed by atoms with Crippen molar-refractivity contribution in [3.8, 4) is 11.5 Å². The molecule has 1 aromatic heterocycles. The van der Waals surface area contributed by atoms with E-state index in [1.165, 1.54) is 5.56 Å². The van der Waals surface area contributed by atoms with Gasteiger partial charge in [0.05, 0.1) is 5.69 Å². The molecule has 25 heavy (non-hydrogen) atoms. The Morgan fingerprint density at radius 1 is 1.32 bits per heavy atom. The number of rotatable bonds is 4. The Labute approximate surface area is 146 Å². The molecule has 0 bridgehead atoms. The Morgan fingerprint density at radius 2 is 2.16 bits per heavy atom. The van der Waals surface area contributed by atoms with Gasteiger partial charge >= 0.3 is 0 Å². The largest absolute Gasteiger partial charge is 0.454 e. The second-order valence-corrected chi connectivity index (χ2v) is 7.06. The summed E-state index contributed by atoms with van der Waals surface area (Å²) >= 11 is 0. The van der Waals surface area contributed by atoms with Crippen molar-refractivity contribution in [2.24, 2.45) is 5.92 Å². The summed E-state index contributed by atoms with van der Waals surface area (Å²) in [4.78, 5) is 21.7. The SMILES string of the molecule is Cc1nc2c(c(=O)[nH]1)CCN(C[C@@H](C)Cc1ccc3c(c1)OCO3)C2. The predicted octanol–water partition coefficient (Wildman–Crippen LogP) is 2.04. The van der Waals surface area contributed by atoms with Crippen LogP contribution in [0.1, 0.15) is 29.6 Å². The molecule has 0 spiro atoms. The molecular formula is C19H23N3O3. The molecule has 0 saturated carbocycles. The summed E-state index contributed by atoms with van der Waals surface area (Å²) in [7, 11) is 0. The van der Waals surface area contributed by atoms with E-state index >= 15 is 0 Å². The number of benzene rings is 1. The van der Waals surface area contributed by atoms with Crippen LogP contribution in [0.3, 0.4) is 0 Å². The Hall–Kier alpha value is -2.34. The number of aryl methyl sites for hydroxylation is 1. The van der Waals surface area contributed by atoms with Crippen molar-refractivity contribution in [1.82, 2.24) is 14.9 Å². The summed E-state index contributed by atoms with van der Waals surface area (Å²) in [6.45, 7) is 7.06.